The summed E-state index contributed by atoms with van der Waals surface area (Å²) in [6.07, 6.45) is -11.9. The smallest absolute Gasteiger partial charge is 0.399 e. The van der Waals surface area contributed by atoms with Crippen LogP contribution in [0.25, 0.3) is 11.1 Å². The number of anilines is 1. The Balaban J connectivity index is 2.51. The van der Waals surface area contributed by atoms with Crippen molar-refractivity contribution in [3.8, 4) is 11.1 Å². The van der Waals surface area contributed by atoms with Gasteiger partial charge in [-0.25, -0.2) is 4.39 Å². The summed E-state index contributed by atoms with van der Waals surface area (Å²) in [5.41, 5.74) is -0.990. The van der Waals surface area contributed by atoms with Crippen molar-refractivity contribution < 1.29 is 35.8 Å². The summed E-state index contributed by atoms with van der Waals surface area (Å²) < 4.78 is 90.4. The maximum Gasteiger partial charge on any atom is 0.430 e. The van der Waals surface area contributed by atoms with Gasteiger partial charge in [0.25, 0.3) is 5.60 Å². The number of halogens is 7. The largest absolute Gasteiger partial charge is 0.430 e. The maximum absolute atomic E-state index is 13.8. The zero-order chi connectivity index (χ0) is 18.3. The Morgan fingerprint density at radius 3 is 1.71 bits per heavy atom. The molecule has 0 radical (unpaired) electrons. The van der Waals surface area contributed by atoms with Crippen LogP contribution in [0.1, 0.15) is 5.56 Å². The Hall–Kier alpha value is -2.29. The molecule has 0 bridgehead atoms. The molecule has 0 amide bonds. The fourth-order valence-corrected chi connectivity index (χ4v) is 2.14. The second-order valence-corrected chi connectivity index (χ2v) is 5.02. The van der Waals surface area contributed by atoms with Crippen molar-refractivity contribution in [1.29, 1.82) is 0 Å². The second kappa shape index (κ2) is 5.66. The van der Waals surface area contributed by atoms with Crippen LogP contribution in [0.4, 0.5) is 36.4 Å². The molecule has 2 aromatic carbocycles. The highest BCUT2D eigenvalue weighted by atomic mass is 19.4. The number of aliphatic hydroxyl groups is 1. The highest BCUT2D eigenvalue weighted by Crippen LogP contribution is 2.50. The highest BCUT2D eigenvalue weighted by molar-refractivity contribution is 5.66. The van der Waals surface area contributed by atoms with Crippen LogP contribution in [-0.2, 0) is 5.60 Å². The zero-order valence-electron chi connectivity index (χ0n) is 11.7. The molecular weight excluding hydrogens is 343 g/mol. The fourth-order valence-electron chi connectivity index (χ4n) is 2.14. The third kappa shape index (κ3) is 2.91. The first kappa shape index (κ1) is 18.1. The Bertz CT molecular complexity index is 721. The number of benzene rings is 2. The van der Waals surface area contributed by atoms with E-state index in [-0.39, 0.29) is 16.8 Å². The lowest BCUT2D eigenvalue weighted by Crippen LogP contribution is -2.53. The third-order valence-electron chi connectivity index (χ3n) is 3.43. The van der Waals surface area contributed by atoms with Crippen molar-refractivity contribution in [2.75, 3.05) is 5.73 Å². The molecule has 9 heteroatoms. The molecule has 2 aromatic rings. The van der Waals surface area contributed by atoms with Gasteiger partial charge in [-0.1, -0.05) is 24.3 Å². The van der Waals surface area contributed by atoms with E-state index in [1.54, 1.807) is 0 Å². The summed E-state index contributed by atoms with van der Waals surface area (Å²) in [7, 11) is 0. The molecule has 0 aliphatic carbocycles. The number of alkyl halides is 6. The van der Waals surface area contributed by atoms with Crippen LogP contribution in [0.3, 0.4) is 0 Å². The van der Waals surface area contributed by atoms with Crippen LogP contribution in [0, 0.1) is 5.82 Å². The van der Waals surface area contributed by atoms with Gasteiger partial charge >= 0.3 is 12.4 Å². The second-order valence-electron chi connectivity index (χ2n) is 5.02. The van der Waals surface area contributed by atoms with Crippen LogP contribution in [0.2, 0.25) is 0 Å². The minimum Gasteiger partial charge on any atom is -0.399 e. The van der Waals surface area contributed by atoms with Crippen molar-refractivity contribution >= 4 is 5.69 Å². The predicted octanol–water partition coefficient (Wildman–Crippen LogP) is 4.39. The molecule has 0 aliphatic heterocycles. The minimum absolute atomic E-state index is 0.0305. The molecule has 0 fully saturated rings. The summed E-state index contributed by atoms with van der Waals surface area (Å²) in [4.78, 5) is 0. The molecule has 0 spiro atoms. The van der Waals surface area contributed by atoms with Gasteiger partial charge < -0.3 is 10.8 Å². The van der Waals surface area contributed by atoms with E-state index in [0.29, 0.717) is 12.1 Å². The molecule has 0 saturated carbocycles. The molecule has 24 heavy (non-hydrogen) atoms. The number of nitrogens with two attached hydrogens (primary N) is 1. The maximum atomic E-state index is 13.8. The van der Waals surface area contributed by atoms with Gasteiger partial charge in [0.2, 0.25) is 0 Å². The van der Waals surface area contributed by atoms with Crippen molar-refractivity contribution in [2.24, 2.45) is 0 Å². The molecule has 2 rings (SSSR count). The molecule has 3 N–H and O–H groups in total. The van der Waals surface area contributed by atoms with Gasteiger partial charge in [0.1, 0.15) is 5.82 Å². The third-order valence-corrected chi connectivity index (χ3v) is 3.43. The van der Waals surface area contributed by atoms with Crippen molar-refractivity contribution in [3.63, 3.8) is 0 Å². The highest BCUT2D eigenvalue weighted by Gasteiger charge is 2.71. The molecule has 0 saturated heterocycles. The first-order valence-corrected chi connectivity index (χ1v) is 6.39. The van der Waals surface area contributed by atoms with Crippen LogP contribution in [0.5, 0.6) is 0 Å². The first-order valence-electron chi connectivity index (χ1n) is 6.39. The first-order chi connectivity index (χ1) is 10.9. The zero-order valence-corrected chi connectivity index (χ0v) is 11.7. The van der Waals surface area contributed by atoms with E-state index in [0.717, 1.165) is 18.2 Å². The minimum atomic E-state index is -5.97. The van der Waals surface area contributed by atoms with Gasteiger partial charge in [0.05, 0.1) is 0 Å². The Morgan fingerprint density at radius 2 is 1.29 bits per heavy atom. The van der Waals surface area contributed by atoms with E-state index in [1.807, 2.05) is 0 Å². The fraction of sp³-hybridized carbons (Fsp3) is 0.200. The number of nitrogen functional groups attached to an aromatic ring is 1. The van der Waals surface area contributed by atoms with Crippen molar-refractivity contribution in [3.05, 3.63) is 53.8 Å². The van der Waals surface area contributed by atoms with Crippen LogP contribution in [0.15, 0.2) is 42.5 Å². The summed E-state index contributed by atoms with van der Waals surface area (Å²) in [5.74, 6) is -0.787. The lowest BCUT2D eigenvalue weighted by molar-refractivity contribution is -0.376. The van der Waals surface area contributed by atoms with Crippen molar-refractivity contribution in [2.45, 2.75) is 18.0 Å². The summed E-state index contributed by atoms with van der Waals surface area (Å²) in [5, 5.41) is 9.27. The molecule has 0 heterocycles. The van der Waals surface area contributed by atoms with Gasteiger partial charge in [0, 0.05) is 16.8 Å². The summed E-state index contributed by atoms with van der Waals surface area (Å²) in [6.45, 7) is 0. The Labute approximate surface area is 131 Å². The number of hydrogen-bond donors (Lipinski definition) is 2. The molecule has 0 aliphatic rings. The van der Waals surface area contributed by atoms with Crippen LogP contribution >= 0.6 is 0 Å². The van der Waals surface area contributed by atoms with E-state index in [9.17, 15) is 35.8 Å². The quantitative estimate of drug-likeness (QED) is 0.621. The van der Waals surface area contributed by atoms with E-state index in [2.05, 4.69) is 0 Å². The molecular formula is C15H10F7NO. The summed E-state index contributed by atoms with van der Waals surface area (Å²) in [6, 6.07) is 6.13. The van der Waals surface area contributed by atoms with Gasteiger partial charge in [-0.05, 0) is 23.8 Å². The lowest BCUT2D eigenvalue weighted by Gasteiger charge is -2.32. The van der Waals surface area contributed by atoms with Gasteiger partial charge in [-0.3, -0.25) is 0 Å². The standard InChI is InChI=1S/C15H10F7NO/c16-12-7-10(23)5-6-11(12)8-1-3-9(4-2-8)13(24,14(17,18)19)15(20,21)22/h1-7,24H,23H2. The Kier molecular flexibility index (Phi) is 4.26. The topological polar surface area (TPSA) is 46.2 Å². The summed E-state index contributed by atoms with van der Waals surface area (Å²) >= 11 is 0. The van der Waals surface area contributed by atoms with Crippen LogP contribution in [-0.4, -0.2) is 17.5 Å². The van der Waals surface area contributed by atoms with Crippen LogP contribution < -0.4 is 5.73 Å². The lowest BCUT2D eigenvalue weighted by atomic mass is 9.90. The normalized spacial score (nSPS) is 13.2. The molecule has 0 aromatic heterocycles. The monoisotopic (exact) mass is 353 g/mol. The van der Waals surface area contributed by atoms with Gasteiger partial charge in [-0.2, -0.15) is 26.3 Å². The van der Waals surface area contributed by atoms with Crippen molar-refractivity contribution in [1.82, 2.24) is 0 Å². The Morgan fingerprint density at radius 1 is 0.792 bits per heavy atom. The van der Waals surface area contributed by atoms with E-state index >= 15 is 0 Å². The molecule has 2 nitrogen and oxygen atoms in total. The van der Waals surface area contributed by atoms with Gasteiger partial charge in [-0.15, -0.1) is 0 Å². The predicted molar refractivity (Wildman–Crippen MR) is 72.3 cm³/mol. The van der Waals surface area contributed by atoms with E-state index < -0.39 is 29.3 Å². The van der Waals surface area contributed by atoms with Gasteiger partial charge in [0.15, 0.2) is 0 Å². The molecule has 0 atom stereocenters. The number of hydrogen-bond acceptors (Lipinski definition) is 2. The van der Waals surface area contributed by atoms with E-state index in [1.165, 1.54) is 12.1 Å². The SMILES string of the molecule is Nc1ccc(-c2ccc(C(O)(C(F)(F)F)C(F)(F)F)cc2)c(F)c1. The average Bonchev–Trinajstić information content (AvgIpc) is 2.44. The average molecular weight is 353 g/mol. The molecule has 0 unspecified atom stereocenters. The molecule has 130 valence electrons. The van der Waals surface area contributed by atoms with E-state index in [4.69, 9.17) is 5.73 Å². The number of rotatable bonds is 2.